The molecule has 4 aromatic carbocycles. The number of nitrogens with zero attached hydrogens (tertiary/aromatic N) is 2. The van der Waals surface area contributed by atoms with Gasteiger partial charge in [-0.1, -0.05) is 133 Å². The lowest BCUT2D eigenvalue weighted by Gasteiger charge is -2.21. The summed E-state index contributed by atoms with van der Waals surface area (Å²) in [6, 6.07) is 48.1. The van der Waals surface area contributed by atoms with Crippen molar-refractivity contribution in [2.24, 2.45) is 0 Å². The highest BCUT2D eigenvalue weighted by atomic mass is 14.8. The Hall–Kier alpha value is -5.87. The molecule has 1 aliphatic carbocycles. The molecule has 2 radical (unpaired) electrons. The zero-order valence-corrected chi connectivity index (χ0v) is 25.9. The second-order valence-electron chi connectivity index (χ2n) is 11.5. The third-order valence-corrected chi connectivity index (χ3v) is 8.69. The predicted octanol–water partition coefficient (Wildman–Crippen LogP) is 9.50. The van der Waals surface area contributed by atoms with Crippen LogP contribution in [0.4, 0.5) is 0 Å². The summed E-state index contributed by atoms with van der Waals surface area (Å²) in [7, 11) is 6.53. The number of hydrogen-bond donors (Lipinski definition) is 1. The van der Waals surface area contributed by atoms with E-state index in [0.717, 1.165) is 51.2 Å². The minimum Gasteiger partial charge on any atom is -0.309 e. The maximum absolute atomic E-state index is 7.58. The molecule has 0 bridgehead atoms. The van der Waals surface area contributed by atoms with Crippen molar-refractivity contribution in [3.05, 3.63) is 186 Å². The quantitative estimate of drug-likeness (QED) is 0.140. The average Bonchev–Trinajstić information content (AvgIpc) is 3.52. The van der Waals surface area contributed by atoms with Crippen molar-refractivity contribution in [2.45, 2.75) is 12.3 Å². The first kappa shape index (κ1) is 29.8. The van der Waals surface area contributed by atoms with Crippen molar-refractivity contribution in [1.82, 2.24) is 9.97 Å². The van der Waals surface area contributed by atoms with Crippen LogP contribution in [0.3, 0.4) is 0 Å². The minimum absolute atomic E-state index is 0.0965. The van der Waals surface area contributed by atoms with Crippen LogP contribution in [0.25, 0.3) is 44.9 Å². The molecule has 0 unspecified atom stereocenters. The standard InChI is InChI=1S/C43H32BN3/c44-38-19-7-6-18-36(38)34-16-4-5-17-35(34)37-29-33(15-8-10-27-45)42(43(37)31-13-2-1-3-14-31)32-25-23-30(24-26-32)39-21-12-22-41(47-39)40-20-9-11-28-46-40/h1-28,37,45H,29H2/b10-8-,33-15+,45-27?/t37-/m0/s1. The van der Waals surface area contributed by atoms with Crippen LogP contribution in [-0.2, 0) is 0 Å². The molecule has 3 nitrogen and oxygen atoms in total. The van der Waals surface area contributed by atoms with E-state index in [1.807, 2.05) is 60.7 Å². The summed E-state index contributed by atoms with van der Waals surface area (Å²) in [5.41, 5.74) is 13.9. The largest absolute Gasteiger partial charge is 0.309 e. The molecule has 4 heteroatoms. The van der Waals surface area contributed by atoms with Crippen molar-refractivity contribution in [3.63, 3.8) is 0 Å². The lowest BCUT2D eigenvalue weighted by molar-refractivity contribution is 0.895. The van der Waals surface area contributed by atoms with Crippen LogP contribution < -0.4 is 5.46 Å². The first-order chi connectivity index (χ1) is 23.2. The fourth-order valence-corrected chi connectivity index (χ4v) is 6.57. The molecule has 7 rings (SSSR count). The van der Waals surface area contributed by atoms with E-state index in [1.54, 1.807) is 12.3 Å². The molecule has 1 N–H and O–H groups in total. The monoisotopic (exact) mass is 601 g/mol. The first-order valence-corrected chi connectivity index (χ1v) is 15.8. The number of nitrogens with one attached hydrogen (secondary N) is 1. The topological polar surface area (TPSA) is 49.6 Å². The van der Waals surface area contributed by atoms with Gasteiger partial charge in [0.1, 0.15) is 7.85 Å². The van der Waals surface area contributed by atoms with Gasteiger partial charge in [-0.05, 0) is 81.3 Å². The zero-order chi connectivity index (χ0) is 32.0. The van der Waals surface area contributed by atoms with Crippen LogP contribution in [-0.4, -0.2) is 24.0 Å². The van der Waals surface area contributed by atoms with Crippen molar-refractivity contribution in [2.75, 3.05) is 0 Å². The fraction of sp³-hybridized carbons (Fsp3) is 0.0465. The number of allylic oxidation sites excluding steroid dienone is 6. The molecule has 2 heterocycles. The first-order valence-electron chi connectivity index (χ1n) is 15.8. The number of benzene rings is 4. The molecule has 0 saturated heterocycles. The zero-order valence-electron chi connectivity index (χ0n) is 25.9. The minimum atomic E-state index is 0.0965. The molecule has 6 aromatic rings. The van der Waals surface area contributed by atoms with E-state index in [9.17, 15) is 0 Å². The van der Waals surface area contributed by atoms with Gasteiger partial charge in [-0.15, -0.1) is 0 Å². The normalized spacial score (nSPS) is 15.4. The lowest BCUT2D eigenvalue weighted by Crippen LogP contribution is -2.08. The molecule has 0 amide bonds. The highest BCUT2D eigenvalue weighted by Crippen LogP contribution is 2.53. The van der Waals surface area contributed by atoms with Gasteiger partial charge in [0.15, 0.2) is 0 Å². The second-order valence-corrected chi connectivity index (χ2v) is 11.5. The predicted molar refractivity (Wildman–Crippen MR) is 197 cm³/mol. The molecule has 2 aromatic heterocycles. The summed E-state index contributed by atoms with van der Waals surface area (Å²) < 4.78 is 0. The summed E-state index contributed by atoms with van der Waals surface area (Å²) in [4.78, 5) is 9.43. The molecule has 47 heavy (non-hydrogen) atoms. The molecule has 1 atom stereocenters. The summed E-state index contributed by atoms with van der Waals surface area (Å²) >= 11 is 0. The molecule has 0 fully saturated rings. The maximum Gasteiger partial charge on any atom is 0.114 e. The van der Waals surface area contributed by atoms with Gasteiger partial charge in [-0.3, -0.25) is 4.98 Å². The van der Waals surface area contributed by atoms with E-state index in [4.69, 9.17) is 18.2 Å². The van der Waals surface area contributed by atoms with Crippen LogP contribution in [0.1, 0.15) is 29.0 Å². The summed E-state index contributed by atoms with van der Waals surface area (Å²) in [6.07, 6.45) is 9.83. The van der Waals surface area contributed by atoms with Crippen molar-refractivity contribution >= 4 is 30.7 Å². The van der Waals surface area contributed by atoms with Gasteiger partial charge >= 0.3 is 0 Å². The summed E-state index contributed by atoms with van der Waals surface area (Å²) in [5.74, 6) is 0.0965. The molecular formula is C43H32BN3. The van der Waals surface area contributed by atoms with Crippen molar-refractivity contribution in [1.29, 1.82) is 5.41 Å². The van der Waals surface area contributed by atoms with E-state index in [2.05, 4.69) is 96.0 Å². The highest BCUT2D eigenvalue weighted by molar-refractivity contribution is 6.36. The van der Waals surface area contributed by atoms with Crippen LogP contribution in [0, 0.1) is 5.41 Å². The molecule has 0 saturated carbocycles. The second kappa shape index (κ2) is 13.6. The molecule has 0 spiro atoms. The third-order valence-electron chi connectivity index (χ3n) is 8.69. The van der Waals surface area contributed by atoms with E-state index < -0.39 is 0 Å². The molecule has 222 valence electrons. The van der Waals surface area contributed by atoms with Crippen LogP contribution in [0.5, 0.6) is 0 Å². The number of pyridine rings is 2. The van der Waals surface area contributed by atoms with Gasteiger partial charge in [0.2, 0.25) is 0 Å². The maximum atomic E-state index is 7.58. The summed E-state index contributed by atoms with van der Waals surface area (Å²) in [6.45, 7) is 0. The summed E-state index contributed by atoms with van der Waals surface area (Å²) in [5, 5.41) is 7.58. The van der Waals surface area contributed by atoms with E-state index in [0.29, 0.717) is 0 Å². The van der Waals surface area contributed by atoms with Gasteiger partial charge < -0.3 is 5.41 Å². The molecule has 0 aliphatic heterocycles. The Morgan fingerprint density at radius 3 is 2.04 bits per heavy atom. The van der Waals surface area contributed by atoms with Crippen LogP contribution in [0.15, 0.2) is 170 Å². The Labute approximate surface area is 277 Å². The van der Waals surface area contributed by atoms with E-state index in [-0.39, 0.29) is 5.92 Å². The Kier molecular flexibility index (Phi) is 8.65. The lowest BCUT2D eigenvalue weighted by atomic mass is 9.80. The smallest absolute Gasteiger partial charge is 0.114 e. The SMILES string of the molecule is [B]c1ccccc1-c1ccccc1[C@@H]1C/C(=C\C=C/C=N)C(c2ccc(-c3cccc(-c4ccccn4)n3)cc2)=C1c1ccccc1. The van der Waals surface area contributed by atoms with Gasteiger partial charge in [-0.25, -0.2) is 4.98 Å². The number of rotatable bonds is 8. The van der Waals surface area contributed by atoms with Gasteiger partial charge in [0.05, 0.1) is 17.1 Å². The number of aromatic nitrogens is 2. The highest BCUT2D eigenvalue weighted by Gasteiger charge is 2.33. The van der Waals surface area contributed by atoms with Gasteiger partial charge in [0.25, 0.3) is 0 Å². The van der Waals surface area contributed by atoms with E-state index in [1.165, 1.54) is 34.1 Å². The van der Waals surface area contributed by atoms with Gasteiger partial charge in [0, 0.05) is 23.9 Å². The Bertz CT molecular complexity index is 2130. The van der Waals surface area contributed by atoms with Crippen LogP contribution in [0.2, 0.25) is 0 Å². The van der Waals surface area contributed by atoms with Crippen LogP contribution >= 0.6 is 0 Å². The third kappa shape index (κ3) is 6.19. The Balaban J connectivity index is 1.38. The van der Waals surface area contributed by atoms with Crippen molar-refractivity contribution < 1.29 is 0 Å². The van der Waals surface area contributed by atoms with Crippen molar-refractivity contribution in [3.8, 4) is 33.8 Å². The average molecular weight is 602 g/mol. The number of hydrogen-bond acceptors (Lipinski definition) is 3. The van der Waals surface area contributed by atoms with Gasteiger partial charge in [-0.2, -0.15) is 0 Å². The molecular weight excluding hydrogens is 569 g/mol. The molecule has 1 aliphatic rings. The fourth-order valence-electron chi connectivity index (χ4n) is 6.57. The Morgan fingerprint density at radius 1 is 0.596 bits per heavy atom. The Morgan fingerprint density at radius 2 is 1.28 bits per heavy atom. The van der Waals surface area contributed by atoms with E-state index >= 15 is 0 Å².